The number of Topliss-reactive ketones (excluding diaryl/α,β-unsaturated/α-hetero) is 1. The Hall–Kier alpha value is -3.39. The van der Waals surface area contributed by atoms with Crippen molar-refractivity contribution in [1.82, 2.24) is 4.90 Å². The van der Waals surface area contributed by atoms with E-state index in [1.54, 1.807) is 48.5 Å². The number of carbonyl (C=O) groups excluding carboxylic acids is 4. The van der Waals surface area contributed by atoms with Gasteiger partial charge in [-0.25, -0.2) is 0 Å². The zero-order valence-electron chi connectivity index (χ0n) is 18.6. The molecule has 2 amide bonds. The third-order valence-electron chi connectivity index (χ3n) is 4.52. The van der Waals surface area contributed by atoms with Crippen LogP contribution in [0.15, 0.2) is 48.5 Å². The Labute approximate surface area is 197 Å². The van der Waals surface area contributed by atoms with Crippen molar-refractivity contribution in [2.75, 3.05) is 32.1 Å². The van der Waals surface area contributed by atoms with Gasteiger partial charge in [0, 0.05) is 19.0 Å². The fourth-order valence-corrected chi connectivity index (χ4v) is 2.88. The maximum absolute atomic E-state index is 12.2. The smallest absolute Gasteiger partial charge is 0.306 e. The van der Waals surface area contributed by atoms with Crippen molar-refractivity contribution in [1.29, 1.82) is 0 Å². The lowest BCUT2D eigenvalue weighted by Gasteiger charge is -2.17. The summed E-state index contributed by atoms with van der Waals surface area (Å²) in [7, 11) is 1.42. The van der Waals surface area contributed by atoms with Crippen LogP contribution in [0, 0.1) is 0 Å². The van der Waals surface area contributed by atoms with Gasteiger partial charge in [-0.1, -0.05) is 30.7 Å². The third kappa shape index (κ3) is 8.94. The van der Waals surface area contributed by atoms with Crippen LogP contribution in [0.1, 0.15) is 36.5 Å². The molecule has 0 saturated carbocycles. The van der Waals surface area contributed by atoms with E-state index in [1.165, 1.54) is 7.05 Å². The highest BCUT2D eigenvalue weighted by atomic mass is 35.5. The monoisotopic (exact) mass is 474 g/mol. The molecule has 0 saturated heterocycles. The molecule has 0 aliphatic rings. The molecular weight excluding hydrogens is 448 g/mol. The first-order chi connectivity index (χ1) is 15.8. The van der Waals surface area contributed by atoms with Gasteiger partial charge in [0.25, 0.3) is 5.91 Å². The van der Waals surface area contributed by atoms with Gasteiger partial charge in [0.1, 0.15) is 5.75 Å². The van der Waals surface area contributed by atoms with Crippen LogP contribution >= 0.6 is 11.6 Å². The van der Waals surface area contributed by atoms with Crippen LogP contribution in [0.4, 0.5) is 5.69 Å². The van der Waals surface area contributed by atoms with Gasteiger partial charge in [0.2, 0.25) is 5.91 Å². The summed E-state index contributed by atoms with van der Waals surface area (Å²) in [4.78, 5) is 49.5. The van der Waals surface area contributed by atoms with Crippen LogP contribution in [0.2, 0.25) is 5.02 Å². The van der Waals surface area contributed by atoms with Crippen LogP contribution in [0.3, 0.4) is 0 Å². The summed E-state index contributed by atoms with van der Waals surface area (Å²) in [6, 6.07) is 13.4. The average Bonchev–Trinajstić information content (AvgIpc) is 2.81. The van der Waals surface area contributed by atoms with E-state index in [0.29, 0.717) is 28.6 Å². The normalized spacial score (nSPS) is 10.3. The van der Waals surface area contributed by atoms with Crippen molar-refractivity contribution in [3.05, 3.63) is 59.1 Å². The number of rotatable bonds is 12. The quantitative estimate of drug-likeness (QED) is 0.371. The standard InChI is InChI=1S/C24H27ClN2O6/c1-3-14-32-18-10-8-17(9-11-18)21(28)12-13-24(31)33-16-23(30)27(2)15-22(29)26-20-7-5-4-6-19(20)25/h4-11H,3,12-16H2,1-2H3,(H,26,29). The molecule has 0 bridgehead atoms. The number of benzene rings is 2. The first kappa shape index (κ1) is 25.9. The molecule has 0 spiro atoms. The Balaban J connectivity index is 1.70. The summed E-state index contributed by atoms with van der Waals surface area (Å²) in [5.41, 5.74) is 0.899. The number of nitrogens with zero attached hydrogens (tertiary/aromatic N) is 1. The highest BCUT2D eigenvalue weighted by molar-refractivity contribution is 6.33. The van der Waals surface area contributed by atoms with E-state index in [0.717, 1.165) is 11.3 Å². The molecule has 9 heteroatoms. The van der Waals surface area contributed by atoms with Gasteiger partial charge in [0.15, 0.2) is 12.4 Å². The average molecular weight is 475 g/mol. The first-order valence-corrected chi connectivity index (χ1v) is 10.9. The lowest BCUT2D eigenvalue weighted by molar-refractivity contribution is -0.151. The number of ketones is 1. The number of ether oxygens (including phenoxy) is 2. The lowest BCUT2D eigenvalue weighted by atomic mass is 10.1. The van der Waals surface area contributed by atoms with Gasteiger partial charge in [-0.3, -0.25) is 19.2 Å². The van der Waals surface area contributed by atoms with E-state index in [2.05, 4.69) is 5.32 Å². The molecule has 0 fully saturated rings. The number of halogens is 1. The van der Waals surface area contributed by atoms with Crippen LogP contribution in [0.25, 0.3) is 0 Å². The number of hydrogen-bond acceptors (Lipinski definition) is 6. The van der Waals surface area contributed by atoms with Gasteiger partial charge in [-0.2, -0.15) is 0 Å². The second-order valence-corrected chi connectivity index (χ2v) is 7.64. The molecule has 0 aliphatic carbocycles. The molecule has 0 unspecified atom stereocenters. The minimum absolute atomic E-state index is 0.0434. The molecule has 176 valence electrons. The molecule has 0 radical (unpaired) electrons. The van der Waals surface area contributed by atoms with Crippen molar-refractivity contribution in [3.8, 4) is 5.75 Å². The summed E-state index contributed by atoms with van der Waals surface area (Å²) >= 11 is 5.99. The van der Waals surface area contributed by atoms with Gasteiger partial charge in [-0.15, -0.1) is 0 Å². The van der Waals surface area contributed by atoms with Gasteiger partial charge in [0.05, 0.1) is 30.3 Å². The number of likely N-dealkylation sites (N-methyl/N-ethyl adjacent to an activating group) is 1. The largest absolute Gasteiger partial charge is 0.494 e. The predicted molar refractivity (Wildman–Crippen MR) is 124 cm³/mol. The van der Waals surface area contributed by atoms with Crippen LogP contribution < -0.4 is 10.1 Å². The Morgan fingerprint density at radius 1 is 1.00 bits per heavy atom. The molecule has 0 atom stereocenters. The van der Waals surface area contributed by atoms with Gasteiger partial charge >= 0.3 is 5.97 Å². The minimum atomic E-state index is -0.673. The summed E-state index contributed by atoms with van der Waals surface area (Å²) in [6.07, 6.45) is 0.687. The number of nitrogens with one attached hydrogen (secondary N) is 1. The summed E-state index contributed by atoms with van der Waals surface area (Å²) < 4.78 is 10.4. The summed E-state index contributed by atoms with van der Waals surface area (Å²) in [5, 5.41) is 2.98. The highest BCUT2D eigenvalue weighted by Gasteiger charge is 2.17. The molecule has 2 aromatic carbocycles. The lowest BCUT2D eigenvalue weighted by Crippen LogP contribution is -2.37. The maximum Gasteiger partial charge on any atom is 0.306 e. The molecular formula is C24H27ClN2O6. The van der Waals surface area contributed by atoms with E-state index in [4.69, 9.17) is 21.1 Å². The fraction of sp³-hybridized carbons (Fsp3) is 0.333. The van der Waals surface area contributed by atoms with E-state index >= 15 is 0 Å². The first-order valence-electron chi connectivity index (χ1n) is 10.5. The number of para-hydroxylation sites is 1. The van der Waals surface area contributed by atoms with Crippen LogP contribution in [-0.4, -0.2) is 55.3 Å². The maximum atomic E-state index is 12.2. The Morgan fingerprint density at radius 2 is 1.70 bits per heavy atom. The topological polar surface area (TPSA) is 102 Å². The van der Waals surface area contributed by atoms with Gasteiger partial charge in [-0.05, 0) is 42.8 Å². The molecule has 2 aromatic rings. The molecule has 0 heterocycles. The number of amides is 2. The zero-order chi connectivity index (χ0) is 24.2. The van der Waals surface area contributed by atoms with Crippen molar-refractivity contribution in [2.24, 2.45) is 0 Å². The Bertz CT molecular complexity index is 977. The van der Waals surface area contributed by atoms with E-state index < -0.39 is 24.4 Å². The van der Waals surface area contributed by atoms with Gasteiger partial charge < -0.3 is 19.7 Å². The Kier molecular flexibility index (Phi) is 10.4. The van der Waals surface area contributed by atoms with Crippen LogP contribution in [0.5, 0.6) is 5.75 Å². The number of hydrogen-bond donors (Lipinski definition) is 1. The minimum Gasteiger partial charge on any atom is -0.494 e. The third-order valence-corrected chi connectivity index (χ3v) is 4.85. The summed E-state index contributed by atoms with van der Waals surface area (Å²) in [5.74, 6) is -1.20. The second-order valence-electron chi connectivity index (χ2n) is 7.23. The Morgan fingerprint density at radius 3 is 2.36 bits per heavy atom. The fourth-order valence-electron chi connectivity index (χ4n) is 2.70. The number of esters is 1. The predicted octanol–water partition coefficient (Wildman–Crippen LogP) is 3.73. The second kappa shape index (κ2) is 13.2. The van der Waals surface area contributed by atoms with Crippen LogP contribution in [-0.2, 0) is 19.1 Å². The molecule has 8 nitrogen and oxygen atoms in total. The van der Waals surface area contributed by atoms with Crippen molar-refractivity contribution in [3.63, 3.8) is 0 Å². The number of carbonyl (C=O) groups is 4. The molecule has 2 rings (SSSR count). The van der Waals surface area contributed by atoms with E-state index in [1.807, 2.05) is 6.92 Å². The zero-order valence-corrected chi connectivity index (χ0v) is 19.4. The molecule has 0 aliphatic heterocycles. The van der Waals surface area contributed by atoms with Crippen molar-refractivity contribution >= 4 is 40.9 Å². The molecule has 1 N–H and O–H groups in total. The number of anilines is 1. The van der Waals surface area contributed by atoms with E-state index in [-0.39, 0.29) is 25.2 Å². The highest BCUT2D eigenvalue weighted by Crippen LogP contribution is 2.20. The molecule has 33 heavy (non-hydrogen) atoms. The van der Waals surface area contributed by atoms with Crippen molar-refractivity contribution in [2.45, 2.75) is 26.2 Å². The van der Waals surface area contributed by atoms with E-state index in [9.17, 15) is 19.2 Å². The SMILES string of the molecule is CCCOc1ccc(C(=O)CCC(=O)OCC(=O)N(C)CC(=O)Nc2ccccc2Cl)cc1. The molecule has 0 aromatic heterocycles. The summed E-state index contributed by atoms with van der Waals surface area (Å²) in [6.45, 7) is 1.84. The van der Waals surface area contributed by atoms with Crippen molar-refractivity contribution < 1.29 is 28.7 Å².